The third-order valence-corrected chi connectivity index (χ3v) is 10.2. The molecular formula is C31H31NO6S2. The van der Waals surface area contributed by atoms with Crippen LogP contribution in [0.1, 0.15) is 22.3 Å². The summed E-state index contributed by atoms with van der Waals surface area (Å²) in [5.74, 6) is -1.14. The molecule has 4 aromatic rings. The van der Waals surface area contributed by atoms with Gasteiger partial charge in [0.05, 0.1) is 22.7 Å². The molecule has 0 fully saturated rings. The minimum Gasteiger partial charge on any atom is -0.464 e. The van der Waals surface area contributed by atoms with Gasteiger partial charge in [0.2, 0.25) is 0 Å². The van der Waals surface area contributed by atoms with E-state index in [-0.39, 0.29) is 34.2 Å². The first-order chi connectivity index (χ1) is 18.9. The quantitative estimate of drug-likeness (QED) is 0.186. The Labute approximate surface area is 235 Å². The number of carbonyl (C=O) groups excluding carboxylic acids is 1. The Morgan fingerprint density at radius 3 is 1.80 bits per heavy atom. The molecule has 0 spiro atoms. The first-order valence-electron chi connectivity index (χ1n) is 12.6. The van der Waals surface area contributed by atoms with Crippen molar-refractivity contribution in [1.82, 2.24) is 4.31 Å². The number of nitrogens with zero attached hydrogens (tertiary/aromatic N) is 1. The van der Waals surface area contributed by atoms with Crippen LogP contribution in [0, 0.1) is 13.8 Å². The molecule has 4 aromatic carbocycles. The van der Waals surface area contributed by atoms with Gasteiger partial charge in [-0.3, -0.25) is 4.31 Å². The molecule has 0 radical (unpaired) electrons. The Bertz CT molecular complexity index is 1780. The van der Waals surface area contributed by atoms with Crippen LogP contribution in [0.25, 0.3) is 10.8 Å². The maximum Gasteiger partial charge on any atom is 0.354 e. The molecule has 4 rings (SSSR count). The van der Waals surface area contributed by atoms with Crippen molar-refractivity contribution < 1.29 is 26.4 Å². The molecule has 0 aliphatic heterocycles. The van der Waals surface area contributed by atoms with Crippen molar-refractivity contribution in [2.45, 2.75) is 35.8 Å². The summed E-state index contributed by atoms with van der Waals surface area (Å²) in [6, 6.07) is 24.2. The molecule has 0 N–H and O–H groups in total. The highest BCUT2D eigenvalue weighted by Gasteiger charge is 2.30. The van der Waals surface area contributed by atoms with Gasteiger partial charge < -0.3 is 4.74 Å². The van der Waals surface area contributed by atoms with Gasteiger partial charge in [0, 0.05) is 6.54 Å². The lowest BCUT2D eigenvalue weighted by Crippen LogP contribution is -2.35. The molecule has 0 saturated heterocycles. The van der Waals surface area contributed by atoms with Gasteiger partial charge in [-0.2, -0.15) is 0 Å². The highest BCUT2D eigenvalue weighted by Crippen LogP contribution is 2.27. The average Bonchev–Trinajstić information content (AvgIpc) is 2.92. The molecule has 0 bridgehead atoms. The van der Waals surface area contributed by atoms with E-state index in [9.17, 15) is 21.6 Å². The standard InChI is InChI=1S/C31H31NO6S2/c1-22-9-13-29(14-10-22)39(34,35)21-28-20-26-8-6-5-7-25(26)19-27(28)17-18-32(24(3)31(33)38-4)40(36,37)30-15-11-23(2)12-16-30/h5-16,19-20H,3,17-18,21H2,1-2,4H3. The van der Waals surface area contributed by atoms with E-state index in [0.717, 1.165) is 33.3 Å². The van der Waals surface area contributed by atoms with Gasteiger partial charge in [-0.1, -0.05) is 72.3 Å². The van der Waals surface area contributed by atoms with E-state index in [1.165, 1.54) is 12.1 Å². The fourth-order valence-electron chi connectivity index (χ4n) is 4.41. The summed E-state index contributed by atoms with van der Waals surface area (Å²) < 4.78 is 59.7. The molecule has 0 atom stereocenters. The predicted octanol–water partition coefficient (Wildman–Crippen LogP) is 5.35. The zero-order chi connectivity index (χ0) is 29.1. The Morgan fingerprint density at radius 2 is 1.27 bits per heavy atom. The van der Waals surface area contributed by atoms with Gasteiger partial charge in [0.15, 0.2) is 9.84 Å². The summed E-state index contributed by atoms with van der Waals surface area (Å²) in [7, 11) is -6.70. The maximum absolute atomic E-state index is 13.6. The smallest absolute Gasteiger partial charge is 0.354 e. The molecule has 208 valence electrons. The molecular weight excluding hydrogens is 546 g/mol. The topological polar surface area (TPSA) is 97.8 Å². The van der Waals surface area contributed by atoms with Gasteiger partial charge >= 0.3 is 5.97 Å². The van der Waals surface area contributed by atoms with Crippen molar-refractivity contribution in [3.05, 3.63) is 119 Å². The Hall–Kier alpha value is -3.95. The van der Waals surface area contributed by atoms with Crippen molar-refractivity contribution in [1.29, 1.82) is 0 Å². The third kappa shape index (κ3) is 6.26. The van der Waals surface area contributed by atoms with Gasteiger partial charge in [-0.05, 0) is 72.5 Å². The van der Waals surface area contributed by atoms with E-state index in [1.54, 1.807) is 36.4 Å². The minimum atomic E-state index is -4.17. The minimum absolute atomic E-state index is 0.00355. The molecule has 0 unspecified atom stereocenters. The number of benzene rings is 4. The molecule has 0 aliphatic carbocycles. The van der Waals surface area contributed by atoms with E-state index >= 15 is 0 Å². The lowest BCUT2D eigenvalue weighted by Gasteiger charge is -2.25. The number of fused-ring (bicyclic) bond motifs is 1. The van der Waals surface area contributed by atoms with Crippen LogP contribution < -0.4 is 0 Å². The van der Waals surface area contributed by atoms with Gasteiger partial charge in [-0.15, -0.1) is 0 Å². The summed E-state index contributed by atoms with van der Waals surface area (Å²) in [4.78, 5) is 12.6. The van der Waals surface area contributed by atoms with Crippen molar-refractivity contribution in [3.63, 3.8) is 0 Å². The summed E-state index contributed by atoms with van der Waals surface area (Å²) in [6.45, 7) is 7.28. The number of aryl methyl sites for hydroxylation is 2. The fraction of sp³-hybridized carbons (Fsp3) is 0.194. The molecule has 40 heavy (non-hydrogen) atoms. The summed E-state index contributed by atoms with van der Waals surface area (Å²) >= 11 is 0. The SMILES string of the molecule is C=C(C(=O)OC)N(CCc1cc2ccccc2cc1CS(=O)(=O)c1ccc(C)cc1)S(=O)(=O)c1ccc(C)cc1. The second kappa shape index (κ2) is 11.7. The number of hydrogen-bond acceptors (Lipinski definition) is 6. The first kappa shape index (κ1) is 29.0. The average molecular weight is 578 g/mol. The number of rotatable bonds is 10. The van der Waals surface area contributed by atoms with E-state index in [0.29, 0.717) is 11.1 Å². The molecule has 0 aromatic heterocycles. The normalized spacial score (nSPS) is 11.8. The molecule has 0 heterocycles. The molecule has 7 nitrogen and oxygen atoms in total. The van der Waals surface area contributed by atoms with E-state index < -0.39 is 25.8 Å². The second-order valence-corrected chi connectivity index (χ2v) is 13.5. The number of methoxy groups -OCH3 is 1. The zero-order valence-electron chi connectivity index (χ0n) is 22.6. The number of carbonyl (C=O) groups is 1. The van der Waals surface area contributed by atoms with Crippen LogP contribution in [0.5, 0.6) is 0 Å². The van der Waals surface area contributed by atoms with Crippen molar-refractivity contribution in [2.75, 3.05) is 13.7 Å². The van der Waals surface area contributed by atoms with E-state index in [2.05, 4.69) is 6.58 Å². The lowest BCUT2D eigenvalue weighted by atomic mass is 9.99. The van der Waals surface area contributed by atoms with Crippen LogP contribution in [0.3, 0.4) is 0 Å². The van der Waals surface area contributed by atoms with Gasteiger partial charge in [0.1, 0.15) is 5.70 Å². The Balaban J connectivity index is 1.74. The predicted molar refractivity (Wildman–Crippen MR) is 156 cm³/mol. The maximum atomic E-state index is 13.6. The monoisotopic (exact) mass is 577 g/mol. The number of sulfone groups is 1. The number of hydrogen-bond donors (Lipinski definition) is 0. The van der Waals surface area contributed by atoms with Crippen molar-refractivity contribution in [2.24, 2.45) is 0 Å². The number of ether oxygens (including phenoxy) is 1. The number of esters is 1. The molecule has 0 saturated carbocycles. The second-order valence-electron chi connectivity index (χ2n) is 9.62. The Kier molecular flexibility index (Phi) is 8.46. The van der Waals surface area contributed by atoms with Crippen LogP contribution in [-0.4, -0.2) is 40.8 Å². The van der Waals surface area contributed by atoms with Crippen LogP contribution in [0.2, 0.25) is 0 Å². The summed E-state index contributed by atoms with van der Waals surface area (Å²) in [6.07, 6.45) is 0.130. The zero-order valence-corrected chi connectivity index (χ0v) is 24.3. The van der Waals surface area contributed by atoms with Gasteiger partial charge in [0.25, 0.3) is 10.0 Å². The molecule has 9 heteroatoms. The number of sulfonamides is 1. The third-order valence-electron chi connectivity index (χ3n) is 6.71. The Morgan fingerprint density at radius 1 is 0.775 bits per heavy atom. The lowest BCUT2D eigenvalue weighted by molar-refractivity contribution is -0.137. The fourth-order valence-corrected chi connectivity index (χ4v) is 7.24. The van der Waals surface area contributed by atoms with E-state index in [1.807, 2.05) is 50.2 Å². The van der Waals surface area contributed by atoms with Crippen LogP contribution in [-0.2, 0) is 41.6 Å². The first-order valence-corrected chi connectivity index (χ1v) is 15.7. The van der Waals surface area contributed by atoms with Crippen LogP contribution in [0.4, 0.5) is 0 Å². The van der Waals surface area contributed by atoms with E-state index in [4.69, 9.17) is 4.74 Å². The van der Waals surface area contributed by atoms with Gasteiger partial charge in [-0.25, -0.2) is 21.6 Å². The highest BCUT2D eigenvalue weighted by atomic mass is 32.2. The molecule has 0 aliphatic rings. The van der Waals surface area contributed by atoms with Crippen LogP contribution in [0.15, 0.2) is 107 Å². The highest BCUT2D eigenvalue weighted by molar-refractivity contribution is 7.90. The van der Waals surface area contributed by atoms with Crippen molar-refractivity contribution >= 4 is 36.6 Å². The van der Waals surface area contributed by atoms with Crippen molar-refractivity contribution in [3.8, 4) is 0 Å². The summed E-state index contributed by atoms with van der Waals surface area (Å²) in [5.41, 5.74) is 2.70. The van der Waals surface area contributed by atoms with Crippen LogP contribution >= 0.6 is 0 Å². The summed E-state index contributed by atoms with van der Waals surface area (Å²) in [5, 5.41) is 1.75. The largest absolute Gasteiger partial charge is 0.464 e. The molecule has 0 amide bonds.